The first-order valence-corrected chi connectivity index (χ1v) is 11.5. The van der Waals surface area contributed by atoms with Crippen molar-refractivity contribution in [3.63, 3.8) is 0 Å². The largest absolute Gasteiger partial charge is 0.497 e. The minimum Gasteiger partial charge on any atom is -0.497 e. The number of methoxy groups -OCH3 is 1. The van der Waals surface area contributed by atoms with Crippen molar-refractivity contribution in [1.82, 2.24) is 25.0 Å². The quantitative estimate of drug-likeness (QED) is 0.257. The smallest absolute Gasteiger partial charge is 0.193 e. The van der Waals surface area contributed by atoms with Gasteiger partial charge in [0.05, 0.1) is 7.11 Å². The van der Waals surface area contributed by atoms with E-state index in [4.69, 9.17) is 4.74 Å². The lowest BCUT2D eigenvalue weighted by atomic mass is 10.2. The van der Waals surface area contributed by atoms with E-state index in [9.17, 15) is 0 Å². The number of nitrogens with zero attached hydrogens (tertiary/aromatic N) is 6. The molecule has 0 amide bonds. The first kappa shape index (κ1) is 24.6. The van der Waals surface area contributed by atoms with Crippen molar-refractivity contribution in [2.45, 2.75) is 45.1 Å². The zero-order chi connectivity index (χ0) is 21.5. The van der Waals surface area contributed by atoms with Crippen LogP contribution >= 0.6 is 24.0 Å². The summed E-state index contributed by atoms with van der Waals surface area (Å²) in [6, 6.07) is 8.29. The van der Waals surface area contributed by atoms with Crippen molar-refractivity contribution in [2.75, 3.05) is 51.8 Å². The number of anilines is 1. The highest BCUT2D eigenvalue weighted by Crippen LogP contribution is 2.22. The Morgan fingerprint density at radius 2 is 1.94 bits per heavy atom. The van der Waals surface area contributed by atoms with Crippen LogP contribution in [0.25, 0.3) is 0 Å². The maximum absolute atomic E-state index is 5.36. The Labute approximate surface area is 208 Å². The molecule has 0 saturated carbocycles. The zero-order valence-corrected chi connectivity index (χ0v) is 21.6. The molecule has 1 aromatic carbocycles. The second-order valence-electron chi connectivity index (χ2n) is 8.25. The van der Waals surface area contributed by atoms with Gasteiger partial charge in [0.25, 0.3) is 0 Å². The van der Waals surface area contributed by atoms with Crippen molar-refractivity contribution in [3.05, 3.63) is 35.9 Å². The second kappa shape index (κ2) is 12.3. The fourth-order valence-corrected chi connectivity index (χ4v) is 4.49. The summed E-state index contributed by atoms with van der Waals surface area (Å²) in [6.45, 7) is 5.82. The number of piperazine rings is 1. The normalized spacial score (nSPS) is 16.8. The van der Waals surface area contributed by atoms with Crippen molar-refractivity contribution >= 4 is 35.6 Å². The van der Waals surface area contributed by atoms with Crippen LogP contribution in [0.2, 0.25) is 0 Å². The van der Waals surface area contributed by atoms with Gasteiger partial charge in [0, 0.05) is 70.9 Å². The highest BCUT2D eigenvalue weighted by Gasteiger charge is 2.20. The fraction of sp³-hybridized carbons (Fsp3) is 0.609. The molecular formula is C23H36IN7O. The number of aliphatic imine (C=N–C) groups is 1. The Kier molecular flexibility index (Phi) is 9.43. The SMILES string of the molecule is CN=C(NCCCc1nnc2n1CCCCC2)N1CCN(c2cccc(OC)c2)CC1.I. The van der Waals surface area contributed by atoms with Gasteiger partial charge in [-0.3, -0.25) is 4.99 Å². The van der Waals surface area contributed by atoms with Gasteiger partial charge in [0.2, 0.25) is 0 Å². The third-order valence-corrected chi connectivity index (χ3v) is 6.26. The Balaban J connectivity index is 0.00000289. The number of aryl methyl sites for hydroxylation is 2. The lowest BCUT2D eigenvalue weighted by molar-refractivity contribution is 0.371. The van der Waals surface area contributed by atoms with Crippen LogP contribution in [0, 0.1) is 0 Å². The van der Waals surface area contributed by atoms with Crippen molar-refractivity contribution in [2.24, 2.45) is 4.99 Å². The van der Waals surface area contributed by atoms with E-state index in [1.54, 1.807) is 7.11 Å². The van der Waals surface area contributed by atoms with Crippen LogP contribution in [0.15, 0.2) is 29.3 Å². The lowest BCUT2D eigenvalue weighted by Crippen LogP contribution is -2.52. The molecule has 0 radical (unpaired) electrons. The van der Waals surface area contributed by atoms with E-state index in [-0.39, 0.29) is 24.0 Å². The average Bonchev–Trinajstić information content (AvgIpc) is 3.05. The summed E-state index contributed by atoms with van der Waals surface area (Å²) in [6.07, 6.45) is 6.83. The van der Waals surface area contributed by atoms with Crippen LogP contribution in [-0.4, -0.2) is 72.5 Å². The molecule has 2 aromatic rings. The molecule has 4 rings (SSSR count). The van der Waals surface area contributed by atoms with Gasteiger partial charge in [0.1, 0.15) is 17.4 Å². The van der Waals surface area contributed by atoms with E-state index in [1.807, 2.05) is 13.1 Å². The maximum atomic E-state index is 5.36. The van der Waals surface area contributed by atoms with Gasteiger partial charge in [-0.15, -0.1) is 34.2 Å². The molecule has 2 aliphatic rings. The van der Waals surface area contributed by atoms with E-state index >= 15 is 0 Å². The molecular weight excluding hydrogens is 517 g/mol. The third kappa shape index (κ3) is 6.05. The molecule has 2 aliphatic heterocycles. The Morgan fingerprint density at radius 3 is 2.72 bits per heavy atom. The van der Waals surface area contributed by atoms with Gasteiger partial charge in [-0.1, -0.05) is 12.5 Å². The molecule has 3 heterocycles. The van der Waals surface area contributed by atoms with E-state index in [0.717, 1.165) is 76.1 Å². The number of hydrogen-bond acceptors (Lipinski definition) is 5. The summed E-state index contributed by atoms with van der Waals surface area (Å²) in [5.74, 6) is 4.21. The van der Waals surface area contributed by atoms with Crippen molar-refractivity contribution < 1.29 is 4.74 Å². The summed E-state index contributed by atoms with van der Waals surface area (Å²) in [5, 5.41) is 12.4. The van der Waals surface area contributed by atoms with Gasteiger partial charge in [-0.25, -0.2) is 0 Å². The van der Waals surface area contributed by atoms with Crippen LogP contribution in [0.5, 0.6) is 5.75 Å². The number of guanidine groups is 1. The standard InChI is InChI=1S/C23H35N7O.HI/c1-24-23(25-12-7-11-22-27-26-21-10-4-3-5-13-30(21)22)29-16-14-28(15-17-29)19-8-6-9-20(18-19)31-2;/h6,8-9,18H,3-5,7,10-17H2,1-2H3,(H,24,25);1H. The highest BCUT2D eigenvalue weighted by atomic mass is 127. The zero-order valence-electron chi connectivity index (χ0n) is 19.3. The number of halogens is 1. The summed E-state index contributed by atoms with van der Waals surface area (Å²) >= 11 is 0. The van der Waals surface area contributed by atoms with Crippen LogP contribution in [0.3, 0.4) is 0 Å². The number of ether oxygens (including phenoxy) is 1. The molecule has 176 valence electrons. The van der Waals surface area contributed by atoms with Gasteiger partial charge in [0.15, 0.2) is 5.96 Å². The van der Waals surface area contributed by atoms with Gasteiger partial charge >= 0.3 is 0 Å². The Hall–Kier alpha value is -2.04. The van der Waals surface area contributed by atoms with Gasteiger partial charge < -0.3 is 24.4 Å². The predicted octanol–water partition coefficient (Wildman–Crippen LogP) is 2.96. The Bertz CT molecular complexity index is 877. The number of rotatable bonds is 6. The predicted molar refractivity (Wildman–Crippen MR) is 139 cm³/mol. The number of fused-ring (bicyclic) bond motifs is 1. The number of benzene rings is 1. The lowest BCUT2D eigenvalue weighted by Gasteiger charge is -2.37. The molecule has 1 aromatic heterocycles. The fourth-order valence-electron chi connectivity index (χ4n) is 4.49. The maximum Gasteiger partial charge on any atom is 0.193 e. The Morgan fingerprint density at radius 1 is 1.09 bits per heavy atom. The molecule has 0 atom stereocenters. The molecule has 8 nitrogen and oxygen atoms in total. The summed E-state index contributed by atoms with van der Waals surface area (Å²) in [7, 11) is 3.58. The highest BCUT2D eigenvalue weighted by molar-refractivity contribution is 14.0. The molecule has 1 fully saturated rings. The van der Waals surface area contributed by atoms with Crippen LogP contribution in [0.1, 0.15) is 37.3 Å². The summed E-state index contributed by atoms with van der Waals surface area (Å²) in [5.41, 5.74) is 1.22. The molecule has 0 unspecified atom stereocenters. The second-order valence-corrected chi connectivity index (χ2v) is 8.25. The van der Waals surface area contributed by atoms with Gasteiger partial charge in [-0.2, -0.15) is 0 Å². The molecule has 0 aliphatic carbocycles. The topological polar surface area (TPSA) is 70.8 Å². The van der Waals surface area contributed by atoms with Crippen LogP contribution in [-0.2, 0) is 19.4 Å². The molecule has 1 saturated heterocycles. The summed E-state index contributed by atoms with van der Waals surface area (Å²) < 4.78 is 7.71. The molecule has 1 N–H and O–H groups in total. The van der Waals surface area contributed by atoms with Crippen molar-refractivity contribution in [3.8, 4) is 5.75 Å². The minimum atomic E-state index is 0. The first-order valence-electron chi connectivity index (χ1n) is 11.5. The van der Waals surface area contributed by atoms with Crippen LogP contribution in [0.4, 0.5) is 5.69 Å². The van der Waals surface area contributed by atoms with E-state index in [2.05, 4.69) is 53.1 Å². The number of aromatic nitrogens is 3. The molecule has 32 heavy (non-hydrogen) atoms. The number of hydrogen-bond donors (Lipinski definition) is 1. The first-order chi connectivity index (χ1) is 15.3. The monoisotopic (exact) mass is 553 g/mol. The average molecular weight is 553 g/mol. The molecule has 0 spiro atoms. The minimum absolute atomic E-state index is 0. The summed E-state index contributed by atoms with van der Waals surface area (Å²) in [4.78, 5) is 9.27. The van der Waals surface area contributed by atoms with Crippen LogP contribution < -0.4 is 15.0 Å². The molecule has 0 bridgehead atoms. The van der Waals surface area contributed by atoms with E-state index < -0.39 is 0 Å². The molecule has 9 heteroatoms. The van der Waals surface area contributed by atoms with E-state index in [1.165, 1.54) is 30.8 Å². The van der Waals surface area contributed by atoms with Gasteiger partial charge in [-0.05, 0) is 31.4 Å². The number of nitrogens with one attached hydrogen (secondary N) is 1. The third-order valence-electron chi connectivity index (χ3n) is 6.26. The van der Waals surface area contributed by atoms with E-state index in [0.29, 0.717) is 0 Å². The van der Waals surface area contributed by atoms with Crippen molar-refractivity contribution in [1.29, 1.82) is 0 Å².